The fourth-order valence-corrected chi connectivity index (χ4v) is 2.76. The van der Waals surface area contributed by atoms with Gasteiger partial charge in [0, 0.05) is 18.1 Å². The Hall–Kier alpha value is -1.21. The van der Waals surface area contributed by atoms with E-state index in [1.165, 1.54) is 17.4 Å². The van der Waals surface area contributed by atoms with Crippen molar-refractivity contribution in [3.05, 3.63) is 38.8 Å². The maximum absolute atomic E-state index is 12.1. The van der Waals surface area contributed by atoms with Crippen molar-refractivity contribution in [1.29, 1.82) is 0 Å². The summed E-state index contributed by atoms with van der Waals surface area (Å²) in [5.41, 5.74) is 0.340. The predicted molar refractivity (Wildman–Crippen MR) is 84.5 cm³/mol. The number of nitrogens with one attached hydrogen (secondary N) is 1. The minimum atomic E-state index is -0.343. The van der Waals surface area contributed by atoms with Crippen LogP contribution in [0.5, 0.6) is 0 Å². The third-order valence-electron chi connectivity index (χ3n) is 2.53. The van der Waals surface area contributed by atoms with Crippen LogP contribution in [0.4, 0.5) is 5.13 Å². The quantitative estimate of drug-likeness (QED) is 0.811. The molecule has 0 radical (unpaired) electrons. The van der Waals surface area contributed by atoms with Gasteiger partial charge < -0.3 is 4.74 Å². The molecule has 0 aliphatic rings. The first kappa shape index (κ1) is 16.2. The molecule has 112 valence electrons. The van der Waals surface area contributed by atoms with Gasteiger partial charge in [0.1, 0.15) is 5.01 Å². The van der Waals surface area contributed by atoms with Crippen LogP contribution in [0.3, 0.4) is 0 Å². The van der Waals surface area contributed by atoms with Gasteiger partial charge in [0.2, 0.25) is 5.13 Å². The van der Waals surface area contributed by atoms with E-state index in [-0.39, 0.29) is 5.91 Å². The smallest absolute Gasteiger partial charge is 0.259 e. The first-order valence-electron chi connectivity index (χ1n) is 6.26. The summed E-state index contributed by atoms with van der Waals surface area (Å²) >= 11 is 13.1. The van der Waals surface area contributed by atoms with Gasteiger partial charge in [-0.2, -0.15) is 0 Å². The number of hydrogen-bond donors (Lipinski definition) is 1. The fraction of sp³-hybridized carbons (Fsp3) is 0.308. The van der Waals surface area contributed by atoms with Gasteiger partial charge in [0.05, 0.1) is 17.2 Å². The van der Waals surface area contributed by atoms with E-state index in [1.807, 2.05) is 6.92 Å². The number of nitrogens with zero attached hydrogens (tertiary/aromatic N) is 2. The summed E-state index contributed by atoms with van der Waals surface area (Å²) < 4.78 is 5.25. The Morgan fingerprint density at radius 3 is 2.90 bits per heavy atom. The number of carbonyl (C=O) groups excluding carboxylic acids is 1. The van der Waals surface area contributed by atoms with E-state index in [9.17, 15) is 4.79 Å². The minimum Gasteiger partial charge on any atom is -0.381 e. The number of aromatic nitrogens is 2. The van der Waals surface area contributed by atoms with Gasteiger partial charge in [0.25, 0.3) is 5.91 Å². The standard InChI is InChI=1S/C13H13Cl2N3O2S/c1-2-20-6-5-11-17-18-13(21-11)16-12(19)9-4-3-8(14)7-10(9)15/h3-4,7H,2,5-6H2,1H3,(H,16,18,19). The second-order valence-corrected chi connectivity index (χ2v) is 5.93. The predicted octanol–water partition coefficient (Wildman–Crippen LogP) is 3.68. The van der Waals surface area contributed by atoms with Gasteiger partial charge in [0.15, 0.2) is 0 Å². The molecule has 0 spiro atoms. The van der Waals surface area contributed by atoms with Crippen LogP contribution in [0.2, 0.25) is 10.0 Å². The van der Waals surface area contributed by atoms with Gasteiger partial charge in [-0.1, -0.05) is 34.5 Å². The molecule has 5 nitrogen and oxygen atoms in total. The van der Waals surface area contributed by atoms with E-state index >= 15 is 0 Å². The second kappa shape index (κ2) is 7.70. The number of benzene rings is 1. The number of hydrogen-bond acceptors (Lipinski definition) is 5. The molecule has 0 unspecified atom stereocenters. The van der Waals surface area contributed by atoms with Gasteiger partial charge >= 0.3 is 0 Å². The van der Waals surface area contributed by atoms with E-state index < -0.39 is 0 Å². The number of ether oxygens (including phenoxy) is 1. The van der Waals surface area contributed by atoms with E-state index in [0.717, 1.165) is 5.01 Å². The zero-order valence-corrected chi connectivity index (χ0v) is 13.6. The average molecular weight is 346 g/mol. The molecule has 0 aliphatic carbocycles. The molecule has 0 saturated heterocycles. The molecule has 1 aromatic carbocycles. The van der Waals surface area contributed by atoms with Crippen LogP contribution in [-0.2, 0) is 11.2 Å². The van der Waals surface area contributed by atoms with Crippen molar-refractivity contribution < 1.29 is 9.53 Å². The molecular weight excluding hydrogens is 333 g/mol. The summed E-state index contributed by atoms with van der Waals surface area (Å²) in [6, 6.07) is 4.69. The maximum Gasteiger partial charge on any atom is 0.259 e. The van der Waals surface area contributed by atoms with Crippen LogP contribution < -0.4 is 5.32 Å². The molecule has 1 N–H and O–H groups in total. The summed E-state index contributed by atoms with van der Waals surface area (Å²) in [5.74, 6) is -0.343. The summed E-state index contributed by atoms with van der Waals surface area (Å²) in [4.78, 5) is 12.1. The summed E-state index contributed by atoms with van der Waals surface area (Å²) in [5, 5.41) is 12.6. The Morgan fingerprint density at radius 2 is 2.19 bits per heavy atom. The summed E-state index contributed by atoms with van der Waals surface area (Å²) in [7, 11) is 0. The van der Waals surface area contributed by atoms with Gasteiger partial charge in [-0.05, 0) is 25.1 Å². The lowest BCUT2D eigenvalue weighted by atomic mass is 10.2. The lowest BCUT2D eigenvalue weighted by Gasteiger charge is -2.03. The zero-order chi connectivity index (χ0) is 15.2. The Kier molecular flexibility index (Phi) is 5.93. The van der Waals surface area contributed by atoms with Crippen LogP contribution >= 0.6 is 34.5 Å². The molecule has 21 heavy (non-hydrogen) atoms. The van der Waals surface area contributed by atoms with Crippen molar-refractivity contribution in [1.82, 2.24) is 10.2 Å². The number of carbonyl (C=O) groups is 1. The first-order chi connectivity index (χ1) is 10.1. The Morgan fingerprint density at radius 1 is 1.38 bits per heavy atom. The van der Waals surface area contributed by atoms with E-state index in [4.69, 9.17) is 27.9 Å². The van der Waals surface area contributed by atoms with Crippen molar-refractivity contribution in [3.63, 3.8) is 0 Å². The highest BCUT2D eigenvalue weighted by Gasteiger charge is 2.13. The molecule has 1 heterocycles. The lowest BCUT2D eigenvalue weighted by molar-refractivity contribution is 0.102. The van der Waals surface area contributed by atoms with Crippen molar-refractivity contribution in [2.75, 3.05) is 18.5 Å². The van der Waals surface area contributed by atoms with Crippen molar-refractivity contribution >= 4 is 45.6 Å². The Bertz CT molecular complexity index is 634. The largest absolute Gasteiger partial charge is 0.381 e. The Labute approximate surface area is 136 Å². The third kappa shape index (κ3) is 4.64. The van der Waals surface area contributed by atoms with Crippen molar-refractivity contribution in [2.24, 2.45) is 0 Å². The SMILES string of the molecule is CCOCCc1nnc(NC(=O)c2ccc(Cl)cc2Cl)s1. The number of amides is 1. The first-order valence-corrected chi connectivity index (χ1v) is 7.84. The molecule has 2 rings (SSSR count). The third-order valence-corrected chi connectivity index (χ3v) is 3.97. The van der Waals surface area contributed by atoms with Gasteiger partial charge in [-0.15, -0.1) is 10.2 Å². The molecule has 1 amide bonds. The van der Waals surface area contributed by atoms with Crippen LogP contribution in [0.1, 0.15) is 22.3 Å². The van der Waals surface area contributed by atoms with Crippen molar-refractivity contribution in [2.45, 2.75) is 13.3 Å². The number of rotatable bonds is 6. The molecular formula is C13H13Cl2N3O2S. The zero-order valence-electron chi connectivity index (χ0n) is 11.2. The topological polar surface area (TPSA) is 64.1 Å². The van der Waals surface area contributed by atoms with E-state index in [1.54, 1.807) is 12.1 Å². The second-order valence-electron chi connectivity index (χ2n) is 4.03. The number of anilines is 1. The van der Waals surface area contributed by atoms with Crippen molar-refractivity contribution in [3.8, 4) is 0 Å². The average Bonchev–Trinajstić information content (AvgIpc) is 2.86. The van der Waals surface area contributed by atoms with Crippen LogP contribution in [0.15, 0.2) is 18.2 Å². The van der Waals surface area contributed by atoms with E-state index in [2.05, 4.69) is 15.5 Å². The molecule has 0 fully saturated rings. The van der Waals surface area contributed by atoms with Crippen LogP contribution in [0.25, 0.3) is 0 Å². The fourth-order valence-electron chi connectivity index (χ4n) is 1.55. The molecule has 0 atom stereocenters. The molecule has 8 heteroatoms. The van der Waals surface area contributed by atoms with Crippen LogP contribution in [0, 0.1) is 0 Å². The highest BCUT2D eigenvalue weighted by Crippen LogP contribution is 2.23. The summed E-state index contributed by atoms with van der Waals surface area (Å²) in [6.45, 7) is 3.18. The molecule has 0 saturated carbocycles. The molecule has 2 aromatic rings. The van der Waals surface area contributed by atoms with E-state index in [0.29, 0.717) is 40.4 Å². The molecule has 1 aromatic heterocycles. The van der Waals surface area contributed by atoms with Crippen LogP contribution in [-0.4, -0.2) is 29.3 Å². The highest BCUT2D eigenvalue weighted by molar-refractivity contribution is 7.15. The van der Waals surface area contributed by atoms with Gasteiger partial charge in [-0.3, -0.25) is 10.1 Å². The molecule has 0 aliphatic heterocycles. The minimum absolute atomic E-state index is 0.293. The maximum atomic E-state index is 12.1. The highest BCUT2D eigenvalue weighted by atomic mass is 35.5. The van der Waals surface area contributed by atoms with Gasteiger partial charge in [-0.25, -0.2) is 0 Å². The molecule has 0 bridgehead atoms. The summed E-state index contributed by atoms with van der Waals surface area (Å²) in [6.07, 6.45) is 0.670. The number of halogens is 2. The Balaban J connectivity index is 1.99. The lowest BCUT2D eigenvalue weighted by Crippen LogP contribution is -2.12. The monoisotopic (exact) mass is 345 g/mol. The normalized spacial score (nSPS) is 10.6.